The van der Waals surface area contributed by atoms with Gasteiger partial charge in [0, 0.05) is 6.42 Å². The van der Waals surface area contributed by atoms with Crippen molar-refractivity contribution in [3.8, 4) is 5.75 Å². The normalized spacial score (nSPS) is 9.70. The summed E-state index contributed by atoms with van der Waals surface area (Å²) in [6.45, 7) is 0. The number of hydroxylamine groups is 1. The molecule has 0 radical (unpaired) electrons. The molecule has 0 unspecified atom stereocenters. The van der Waals surface area contributed by atoms with Gasteiger partial charge in [-0.3, -0.25) is 19.6 Å². The zero-order valence-corrected chi connectivity index (χ0v) is 10.7. The van der Waals surface area contributed by atoms with Crippen LogP contribution in [-0.2, 0) is 14.3 Å². The number of aromatic hydroxyl groups is 1. The summed E-state index contributed by atoms with van der Waals surface area (Å²) in [5.74, 6) is -2.44. The molecule has 2 amide bonds. The van der Waals surface area contributed by atoms with Crippen molar-refractivity contribution in [3.63, 3.8) is 0 Å². The van der Waals surface area contributed by atoms with Gasteiger partial charge in [-0.05, 0) is 12.1 Å². The number of hydrogen-bond acceptors (Lipinski definition) is 6. The van der Waals surface area contributed by atoms with E-state index in [4.69, 9.17) is 5.21 Å². The summed E-state index contributed by atoms with van der Waals surface area (Å²) in [6.07, 6.45) is -0.220. The molecule has 8 nitrogen and oxygen atoms in total. The summed E-state index contributed by atoms with van der Waals surface area (Å²) in [7, 11) is 1.21. The molecule has 20 heavy (non-hydrogen) atoms. The van der Waals surface area contributed by atoms with Crippen LogP contribution in [0.3, 0.4) is 0 Å². The first-order valence-electron chi connectivity index (χ1n) is 5.62. The van der Waals surface area contributed by atoms with Gasteiger partial charge in [-0.2, -0.15) is 0 Å². The number of anilines is 1. The third-order valence-corrected chi connectivity index (χ3v) is 2.44. The standard InChI is InChI=1S/C12H14N2O6/c1-20-10(16)6-5-9(15)13-8-4-2-3-7(11(8)17)12(18)14-19/h2-4,17,19H,5-6H2,1H3,(H,13,15)(H,14,18). The van der Waals surface area contributed by atoms with Crippen LogP contribution in [-0.4, -0.2) is 35.2 Å². The third kappa shape index (κ3) is 3.95. The number of phenolic OH excluding ortho intramolecular Hbond substituents is 1. The molecule has 0 atom stereocenters. The van der Waals surface area contributed by atoms with Crippen LogP contribution < -0.4 is 10.8 Å². The van der Waals surface area contributed by atoms with Gasteiger partial charge in [0.05, 0.1) is 24.8 Å². The van der Waals surface area contributed by atoms with Crippen molar-refractivity contribution in [1.82, 2.24) is 5.48 Å². The van der Waals surface area contributed by atoms with Crippen LogP contribution in [0.25, 0.3) is 0 Å². The highest BCUT2D eigenvalue weighted by Gasteiger charge is 2.15. The lowest BCUT2D eigenvalue weighted by molar-refractivity contribution is -0.141. The average Bonchev–Trinajstić information content (AvgIpc) is 2.46. The molecule has 0 aliphatic carbocycles. The molecule has 0 bridgehead atoms. The Bertz CT molecular complexity index is 529. The van der Waals surface area contributed by atoms with Crippen LogP contribution in [0.15, 0.2) is 18.2 Å². The molecule has 0 spiro atoms. The summed E-state index contributed by atoms with van der Waals surface area (Å²) in [5.41, 5.74) is 1.18. The summed E-state index contributed by atoms with van der Waals surface area (Å²) in [4.78, 5) is 33.7. The summed E-state index contributed by atoms with van der Waals surface area (Å²) < 4.78 is 4.39. The largest absolute Gasteiger partial charge is 0.505 e. The molecule has 0 saturated heterocycles. The van der Waals surface area contributed by atoms with Gasteiger partial charge in [-0.15, -0.1) is 0 Å². The van der Waals surface area contributed by atoms with Crippen LogP contribution >= 0.6 is 0 Å². The van der Waals surface area contributed by atoms with Crippen LogP contribution in [0.1, 0.15) is 23.2 Å². The topological polar surface area (TPSA) is 125 Å². The Kier molecular flexibility index (Phi) is 5.48. The van der Waals surface area contributed by atoms with Crippen LogP contribution in [0, 0.1) is 0 Å². The van der Waals surface area contributed by atoms with Crippen LogP contribution in [0.4, 0.5) is 5.69 Å². The molecule has 1 rings (SSSR count). The fourth-order valence-electron chi connectivity index (χ4n) is 1.42. The Morgan fingerprint density at radius 1 is 1.25 bits per heavy atom. The molecule has 0 saturated carbocycles. The van der Waals surface area contributed by atoms with Gasteiger partial charge in [0.15, 0.2) is 5.75 Å². The SMILES string of the molecule is COC(=O)CCC(=O)Nc1cccc(C(=O)NO)c1O. The predicted octanol–water partition coefficient (Wildman–Crippen LogP) is 0.403. The number of para-hydroxylation sites is 1. The first kappa shape index (κ1) is 15.4. The summed E-state index contributed by atoms with van der Waals surface area (Å²) in [5, 5.41) is 20.6. The van der Waals surface area contributed by atoms with E-state index in [1.807, 2.05) is 0 Å². The second kappa shape index (κ2) is 7.10. The molecule has 0 aliphatic rings. The van der Waals surface area contributed by atoms with Gasteiger partial charge >= 0.3 is 5.97 Å². The minimum absolute atomic E-state index is 0.000894. The number of carbonyl (C=O) groups excluding carboxylic acids is 3. The molecule has 8 heteroatoms. The second-order valence-electron chi connectivity index (χ2n) is 3.77. The minimum Gasteiger partial charge on any atom is -0.505 e. The Morgan fingerprint density at radius 2 is 1.95 bits per heavy atom. The van der Waals surface area contributed by atoms with Gasteiger partial charge < -0.3 is 15.2 Å². The third-order valence-electron chi connectivity index (χ3n) is 2.44. The van der Waals surface area contributed by atoms with E-state index in [0.29, 0.717) is 0 Å². The van der Waals surface area contributed by atoms with Crippen molar-refractivity contribution < 1.29 is 29.4 Å². The Labute approximate surface area is 114 Å². The lowest BCUT2D eigenvalue weighted by Gasteiger charge is -2.09. The highest BCUT2D eigenvalue weighted by Crippen LogP contribution is 2.27. The number of hydrogen-bond donors (Lipinski definition) is 4. The van der Waals surface area contributed by atoms with Crippen molar-refractivity contribution in [3.05, 3.63) is 23.8 Å². The number of nitrogens with one attached hydrogen (secondary N) is 2. The summed E-state index contributed by atoms with van der Waals surface area (Å²) >= 11 is 0. The van der Waals surface area contributed by atoms with Crippen LogP contribution in [0.5, 0.6) is 5.75 Å². The zero-order valence-electron chi connectivity index (χ0n) is 10.7. The van der Waals surface area contributed by atoms with Crippen molar-refractivity contribution in [1.29, 1.82) is 0 Å². The van der Waals surface area contributed by atoms with E-state index in [9.17, 15) is 19.5 Å². The van der Waals surface area contributed by atoms with E-state index in [-0.39, 0.29) is 24.1 Å². The van der Waals surface area contributed by atoms with Crippen molar-refractivity contribution >= 4 is 23.5 Å². The van der Waals surface area contributed by atoms with E-state index < -0.39 is 23.5 Å². The van der Waals surface area contributed by atoms with Gasteiger partial charge in [0.25, 0.3) is 5.91 Å². The van der Waals surface area contributed by atoms with E-state index in [0.717, 1.165) is 0 Å². The number of carbonyl (C=O) groups is 3. The monoisotopic (exact) mass is 282 g/mol. The molecular formula is C12H14N2O6. The highest BCUT2D eigenvalue weighted by atomic mass is 16.5. The van der Waals surface area contributed by atoms with E-state index in [1.165, 1.54) is 30.8 Å². The van der Waals surface area contributed by atoms with Crippen molar-refractivity contribution in [2.75, 3.05) is 12.4 Å². The van der Waals surface area contributed by atoms with E-state index in [1.54, 1.807) is 0 Å². The van der Waals surface area contributed by atoms with E-state index in [2.05, 4.69) is 10.1 Å². The van der Waals surface area contributed by atoms with Crippen molar-refractivity contribution in [2.24, 2.45) is 0 Å². The van der Waals surface area contributed by atoms with Crippen molar-refractivity contribution in [2.45, 2.75) is 12.8 Å². The molecule has 1 aromatic carbocycles. The van der Waals surface area contributed by atoms with Gasteiger partial charge in [0.2, 0.25) is 5.91 Å². The number of amides is 2. The number of ether oxygens (including phenoxy) is 1. The molecule has 1 aromatic rings. The lowest BCUT2D eigenvalue weighted by Crippen LogP contribution is -2.19. The smallest absolute Gasteiger partial charge is 0.306 e. The lowest BCUT2D eigenvalue weighted by atomic mass is 10.1. The molecule has 4 N–H and O–H groups in total. The predicted molar refractivity (Wildman–Crippen MR) is 67.2 cm³/mol. The summed E-state index contributed by atoms with van der Waals surface area (Å²) in [6, 6.07) is 4.06. The number of rotatable bonds is 5. The van der Waals surface area contributed by atoms with Gasteiger partial charge in [-0.1, -0.05) is 6.07 Å². The van der Waals surface area contributed by atoms with E-state index >= 15 is 0 Å². The highest BCUT2D eigenvalue weighted by molar-refractivity contribution is 6.00. The fraction of sp³-hybridized carbons (Fsp3) is 0.250. The van der Waals surface area contributed by atoms with Gasteiger partial charge in [0.1, 0.15) is 0 Å². The average molecular weight is 282 g/mol. The Hall–Kier alpha value is -2.61. The first-order valence-corrected chi connectivity index (χ1v) is 5.62. The molecule has 0 aromatic heterocycles. The Morgan fingerprint density at radius 3 is 2.55 bits per heavy atom. The zero-order chi connectivity index (χ0) is 15.1. The molecule has 108 valence electrons. The molecule has 0 fully saturated rings. The minimum atomic E-state index is -0.909. The second-order valence-corrected chi connectivity index (χ2v) is 3.77. The number of esters is 1. The van der Waals surface area contributed by atoms with Gasteiger partial charge in [-0.25, -0.2) is 5.48 Å². The first-order chi connectivity index (χ1) is 9.49. The number of phenols is 1. The van der Waals surface area contributed by atoms with Crippen LogP contribution in [0.2, 0.25) is 0 Å². The maximum absolute atomic E-state index is 11.6. The number of benzene rings is 1. The quantitative estimate of drug-likeness (QED) is 0.268. The number of methoxy groups -OCH3 is 1. The molecule has 0 aliphatic heterocycles. The molecule has 0 heterocycles. The fourth-order valence-corrected chi connectivity index (χ4v) is 1.42. The maximum Gasteiger partial charge on any atom is 0.306 e. The maximum atomic E-state index is 11.6. The Balaban J connectivity index is 2.75. The molecular weight excluding hydrogens is 268 g/mol.